The van der Waals surface area contributed by atoms with Crippen LogP contribution in [0.5, 0.6) is 11.5 Å². The van der Waals surface area contributed by atoms with Crippen molar-refractivity contribution in [1.82, 2.24) is 0 Å². The summed E-state index contributed by atoms with van der Waals surface area (Å²) in [7, 11) is 1.62. The Morgan fingerprint density at radius 2 is 1.97 bits per heavy atom. The van der Waals surface area contributed by atoms with Crippen LogP contribution in [0.25, 0.3) is 0 Å². The Hall–Kier alpha value is -3.32. The van der Waals surface area contributed by atoms with Crippen LogP contribution in [0.15, 0.2) is 77.3 Å². The third-order valence-corrected chi connectivity index (χ3v) is 7.00. The maximum Gasteiger partial charge on any atom is 0.292 e. The van der Waals surface area contributed by atoms with Crippen molar-refractivity contribution in [3.63, 3.8) is 0 Å². The molecule has 0 bridgehead atoms. The molecule has 3 aromatic carbocycles. The highest BCUT2D eigenvalue weighted by Gasteiger charge is 2.40. The molecular weight excluding hydrogens is 484 g/mol. The van der Waals surface area contributed by atoms with Gasteiger partial charge in [0.15, 0.2) is 11.5 Å². The standard InChI is InChI=1S/C26H23BrN2O4/c1-32-23-14-17(13-21(27)26(23)33-15-16-7-3-2-4-8-16)24-19-10-5-9-18(19)20-11-6-12-22(29(30)31)25(20)28-24/h2-9,11-14,18-19,24,28H,10,15H2,1H3/t18-,19-,24+/m1/s1. The van der Waals surface area contributed by atoms with Gasteiger partial charge in [-0.25, -0.2) is 0 Å². The minimum Gasteiger partial charge on any atom is -0.493 e. The van der Waals surface area contributed by atoms with Gasteiger partial charge in [-0.3, -0.25) is 10.1 Å². The van der Waals surface area contributed by atoms with Crippen molar-refractivity contribution >= 4 is 27.3 Å². The lowest BCUT2D eigenvalue weighted by Crippen LogP contribution is -2.29. The third kappa shape index (κ3) is 3.97. The molecule has 0 saturated carbocycles. The number of hydrogen-bond donors (Lipinski definition) is 1. The number of nitrogens with zero attached hydrogens (tertiary/aromatic N) is 1. The predicted octanol–water partition coefficient (Wildman–Crippen LogP) is 6.77. The zero-order chi connectivity index (χ0) is 22.9. The molecule has 1 N–H and O–H groups in total. The molecule has 0 fully saturated rings. The molecule has 5 rings (SSSR count). The van der Waals surface area contributed by atoms with E-state index in [0.717, 1.165) is 27.6 Å². The zero-order valence-electron chi connectivity index (χ0n) is 18.0. The van der Waals surface area contributed by atoms with Gasteiger partial charge in [-0.05, 0) is 57.1 Å². The minimum absolute atomic E-state index is 0.102. The second kappa shape index (κ2) is 8.90. The Labute approximate surface area is 200 Å². The monoisotopic (exact) mass is 506 g/mol. The number of fused-ring (bicyclic) bond motifs is 3. The molecule has 0 saturated heterocycles. The molecule has 0 spiro atoms. The van der Waals surface area contributed by atoms with Gasteiger partial charge in [0.2, 0.25) is 0 Å². The van der Waals surface area contributed by atoms with Crippen LogP contribution in [-0.4, -0.2) is 12.0 Å². The van der Waals surface area contributed by atoms with E-state index in [1.54, 1.807) is 19.2 Å². The first-order valence-corrected chi connectivity index (χ1v) is 11.6. The maximum absolute atomic E-state index is 11.7. The van der Waals surface area contributed by atoms with E-state index in [-0.39, 0.29) is 28.5 Å². The molecule has 0 amide bonds. The first-order chi connectivity index (χ1) is 16.1. The summed E-state index contributed by atoms with van der Waals surface area (Å²) in [6, 6.07) is 19.1. The molecule has 0 radical (unpaired) electrons. The number of benzene rings is 3. The number of rotatable bonds is 6. The van der Waals surface area contributed by atoms with Gasteiger partial charge in [0, 0.05) is 12.0 Å². The fraction of sp³-hybridized carbons (Fsp3) is 0.231. The number of halogens is 1. The van der Waals surface area contributed by atoms with E-state index < -0.39 is 0 Å². The smallest absolute Gasteiger partial charge is 0.292 e. The highest BCUT2D eigenvalue weighted by atomic mass is 79.9. The summed E-state index contributed by atoms with van der Waals surface area (Å²) in [5.41, 5.74) is 3.74. The summed E-state index contributed by atoms with van der Waals surface area (Å²) in [6.45, 7) is 0.422. The van der Waals surface area contributed by atoms with Gasteiger partial charge < -0.3 is 14.8 Å². The summed E-state index contributed by atoms with van der Waals surface area (Å²) < 4.78 is 12.6. The molecular formula is C26H23BrN2O4. The first kappa shape index (κ1) is 21.5. The second-order valence-corrected chi connectivity index (χ2v) is 9.14. The molecule has 33 heavy (non-hydrogen) atoms. The fourth-order valence-electron chi connectivity index (χ4n) is 4.88. The van der Waals surface area contributed by atoms with Crippen molar-refractivity contribution in [1.29, 1.82) is 0 Å². The van der Waals surface area contributed by atoms with Crippen LogP contribution in [0.2, 0.25) is 0 Å². The van der Waals surface area contributed by atoms with Crippen molar-refractivity contribution < 1.29 is 14.4 Å². The van der Waals surface area contributed by atoms with E-state index in [4.69, 9.17) is 9.47 Å². The Balaban J connectivity index is 1.50. The third-order valence-electron chi connectivity index (χ3n) is 6.41. The van der Waals surface area contributed by atoms with Gasteiger partial charge in [0.1, 0.15) is 12.3 Å². The highest BCUT2D eigenvalue weighted by molar-refractivity contribution is 9.10. The molecule has 0 unspecified atom stereocenters. The molecule has 7 heteroatoms. The first-order valence-electron chi connectivity index (χ1n) is 10.8. The number of ether oxygens (including phenoxy) is 2. The predicted molar refractivity (Wildman–Crippen MR) is 131 cm³/mol. The molecule has 1 aliphatic heterocycles. The number of para-hydroxylation sites is 1. The van der Waals surface area contributed by atoms with Gasteiger partial charge >= 0.3 is 0 Å². The van der Waals surface area contributed by atoms with E-state index in [9.17, 15) is 10.1 Å². The normalized spacial score (nSPS) is 20.5. The average Bonchev–Trinajstić information content (AvgIpc) is 3.33. The van der Waals surface area contributed by atoms with Crippen LogP contribution in [0.4, 0.5) is 11.4 Å². The molecule has 168 valence electrons. The van der Waals surface area contributed by atoms with Crippen molar-refractivity contribution in [2.75, 3.05) is 12.4 Å². The number of methoxy groups -OCH3 is 1. The Kier molecular flexibility index (Phi) is 5.81. The average molecular weight is 507 g/mol. The number of nitro benzene ring substituents is 1. The van der Waals surface area contributed by atoms with Crippen LogP contribution in [0.3, 0.4) is 0 Å². The van der Waals surface area contributed by atoms with Crippen molar-refractivity contribution in [2.45, 2.75) is 25.0 Å². The van der Waals surface area contributed by atoms with Crippen molar-refractivity contribution in [3.8, 4) is 11.5 Å². The summed E-state index contributed by atoms with van der Waals surface area (Å²) in [5.74, 6) is 1.64. The largest absolute Gasteiger partial charge is 0.493 e. The highest BCUT2D eigenvalue weighted by Crippen LogP contribution is 2.53. The van der Waals surface area contributed by atoms with Gasteiger partial charge in [0.05, 0.1) is 22.5 Å². The van der Waals surface area contributed by atoms with Crippen LogP contribution >= 0.6 is 15.9 Å². The SMILES string of the molecule is COc1cc([C@@H]2Nc3c(cccc3[N+](=O)[O-])[C@@H]3C=CC[C@H]32)cc(Br)c1OCc1ccccc1. The topological polar surface area (TPSA) is 73.6 Å². The molecule has 3 atom stereocenters. The molecule has 2 aliphatic rings. The maximum atomic E-state index is 11.7. The van der Waals surface area contributed by atoms with Crippen molar-refractivity contribution in [2.24, 2.45) is 5.92 Å². The number of anilines is 1. The number of allylic oxidation sites excluding steroid dienone is 2. The van der Waals surface area contributed by atoms with E-state index in [0.29, 0.717) is 23.8 Å². The van der Waals surface area contributed by atoms with E-state index >= 15 is 0 Å². The Morgan fingerprint density at radius 3 is 2.73 bits per heavy atom. The second-order valence-electron chi connectivity index (χ2n) is 8.28. The lowest BCUT2D eigenvalue weighted by Gasteiger charge is -2.37. The number of nitro groups is 1. The van der Waals surface area contributed by atoms with Gasteiger partial charge in [0.25, 0.3) is 5.69 Å². The molecule has 1 aliphatic carbocycles. The van der Waals surface area contributed by atoms with Gasteiger partial charge in [-0.1, -0.05) is 54.6 Å². The zero-order valence-corrected chi connectivity index (χ0v) is 19.6. The van der Waals surface area contributed by atoms with Crippen LogP contribution < -0.4 is 14.8 Å². The van der Waals surface area contributed by atoms with Crippen molar-refractivity contribution in [3.05, 3.63) is 104 Å². The minimum atomic E-state index is -0.321. The quantitative estimate of drug-likeness (QED) is 0.226. The fourth-order valence-corrected chi connectivity index (χ4v) is 5.45. The number of nitrogens with one attached hydrogen (secondary N) is 1. The van der Waals surface area contributed by atoms with Gasteiger partial charge in [-0.15, -0.1) is 0 Å². The summed E-state index contributed by atoms with van der Waals surface area (Å²) >= 11 is 3.66. The lowest BCUT2D eigenvalue weighted by molar-refractivity contribution is -0.384. The lowest BCUT2D eigenvalue weighted by atomic mass is 9.76. The molecule has 0 aromatic heterocycles. The summed E-state index contributed by atoms with van der Waals surface area (Å²) in [5, 5.41) is 15.2. The van der Waals surface area contributed by atoms with E-state index in [2.05, 4.69) is 33.4 Å². The van der Waals surface area contributed by atoms with E-state index in [1.165, 1.54) is 0 Å². The molecule has 3 aromatic rings. The summed E-state index contributed by atoms with van der Waals surface area (Å²) in [6.07, 6.45) is 5.24. The van der Waals surface area contributed by atoms with Crippen LogP contribution in [0.1, 0.15) is 35.1 Å². The van der Waals surface area contributed by atoms with Crippen LogP contribution in [0, 0.1) is 16.0 Å². The van der Waals surface area contributed by atoms with Crippen LogP contribution in [-0.2, 0) is 6.61 Å². The Bertz CT molecular complexity index is 1230. The van der Waals surface area contributed by atoms with E-state index in [1.807, 2.05) is 48.5 Å². The molecule has 6 nitrogen and oxygen atoms in total. The molecule has 1 heterocycles. The Morgan fingerprint density at radius 1 is 1.15 bits per heavy atom. The summed E-state index contributed by atoms with van der Waals surface area (Å²) in [4.78, 5) is 11.4. The number of hydrogen-bond acceptors (Lipinski definition) is 5. The van der Waals surface area contributed by atoms with Gasteiger partial charge in [-0.2, -0.15) is 0 Å².